The molecule has 3 nitrogen and oxygen atoms in total. The van der Waals surface area contributed by atoms with E-state index in [0.717, 1.165) is 27.7 Å². The Balaban J connectivity index is 1.98. The number of hydrogen-bond donors (Lipinski definition) is 1. The molecule has 0 radical (unpaired) electrons. The summed E-state index contributed by atoms with van der Waals surface area (Å²) >= 11 is 7.42. The van der Waals surface area contributed by atoms with Gasteiger partial charge in [-0.2, -0.15) is 5.26 Å². The van der Waals surface area contributed by atoms with Crippen LogP contribution in [0.4, 0.5) is 5.82 Å². The Hall–Kier alpha value is -1.57. The van der Waals surface area contributed by atoms with Crippen LogP contribution in [-0.2, 0) is 0 Å². The summed E-state index contributed by atoms with van der Waals surface area (Å²) in [6, 6.07) is 10.1. The minimum Gasteiger partial charge on any atom is -0.366 e. The predicted molar refractivity (Wildman–Crippen MR) is 73.9 cm³/mol. The number of nitrogens with zero attached hydrogens (tertiary/aromatic N) is 2. The number of nitriles is 1. The molecule has 3 rings (SSSR count). The summed E-state index contributed by atoms with van der Waals surface area (Å²) in [6.45, 7) is 0. The lowest BCUT2D eigenvalue weighted by Gasteiger charge is -2.07. The second kappa shape index (κ2) is 4.60. The summed E-state index contributed by atoms with van der Waals surface area (Å²) in [5, 5.41) is 12.4. The summed E-state index contributed by atoms with van der Waals surface area (Å²) < 4.78 is 0.743. The highest BCUT2D eigenvalue weighted by Crippen LogP contribution is 2.32. The molecule has 1 N–H and O–H groups in total. The van der Waals surface area contributed by atoms with Crippen molar-refractivity contribution in [1.82, 2.24) is 4.98 Å². The zero-order chi connectivity index (χ0) is 12.5. The van der Waals surface area contributed by atoms with Gasteiger partial charge in [-0.05, 0) is 37.1 Å². The molecule has 1 saturated carbocycles. The Morgan fingerprint density at radius 2 is 2.17 bits per heavy atom. The third kappa shape index (κ3) is 2.33. The van der Waals surface area contributed by atoms with Gasteiger partial charge in [0, 0.05) is 6.04 Å². The molecule has 0 spiro atoms. The van der Waals surface area contributed by atoms with Crippen LogP contribution in [0.25, 0.3) is 10.6 Å². The van der Waals surface area contributed by atoms with Gasteiger partial charge in [-0.3, -0.25) is 0 Å². The zero-order valence-electron chi connectivity index (χ0n) is 9.48. The number of nitrogens with one attached hydrogen (secondary N) is 1. The molecule has 0 unspecified atom stereocenters. The van der Waals surface area contributed by atoms with Crippen LogP contribution in [0.3, 0.4) is 0 Å². The van der Waals surface area contributed by atoms with E-state index in [-0.39, 0.29) is 0 Å². The van der Waals surface area contributed by atoms with Crippen LogP contribution in [0, 0.1) is 11.3 Å². The molecule has 2 aromatic heterocycles. The van der Waals surface area contributed by atoms with E-state index in [1.807, 2.05) is 18.2 Å². The third-order valence-electron chi connectivity index (χ3n) is 2.76. The molecule has 2 aromatic rings. The number of halogens is 1. The fourth-order valence-electron chi connectivity index (χ4n) is 1.67. The van der Waals surface area contributed by atoms with Crippen molar-refractivity contribution in [2.24, 2.45) is 0 Å². The second-order valence-electron chi connectivity index (χ2n) is 4.23. The standard InChI is InChI=1S/C13H10ClN3S/c14-12-6-5-11(18-12)10-4-1-8(7-15)13(17-10)16-9-2-3-9/h1,4-6,9H,2-3H2,(H,16,17). The lowest BCUT2D eigenvalue weighted by atomic mass is 10.2. The largest absolute Gasteiger partial charge is 0.366 e. The molecule has 1 aliphatic rings. The summed E-state index contributed by atoms with van der Waals surface area (Å²) in [6.07, 6.45) is 2.31. The molecule has 2 heterocycles. The summed E-state index contributed by atoms with van der Waals surface area (Å²) in [7, 11) is 0. The van der Waals surface area contributed by atoms with Crippen LogP contribution in [0.15, 0.2) is 24.3 Å². The number of aromatic nitrogens is 1. The Labute approximate surface area is 114 Å². The minimum absolute atomic E-state index is 0.478. The maximum absolute atomic E-state index is 9.07. The molecule has 0 aromatic carbocycles. The molecule has 1 aliphatic carbocycles. The van der Waals surface area contributed by atoms with Crippen LogP contribution in [0.1, 0.15) is 18.4 Å². The van der Waals surface area contributed by atoms with Gasteiger partial charge in [0.2, 0.25) is 0 Å². The lowest BCUT2D eigenvalue weighted by molar-refractivity contribution is 1.11. The summed E-state index contributed by atoms with van der Waals surface area (Å²) in [5.41, 5.74) is 1.45. The number of thiophene rings is 1. The van der Waals surface area contributed by atoms with Gasteiger partial charge in [0.1, 0.15) is 11.9 Å². The van der Waals surface area contributed by atoms with E-state index in [1.54, 1.807) is 6.07 Å². The summed E-state index contributed by atoms with van der Waals surface area (Å²) in [5.74, 6) is 0.682. The van der Waals surface area contributed by atoms with E-state index < -0.39 is 0 Å². The van der Waals surface area contributed by atoms with Gasteiger partial charge in [0.25, 0.3) is 0 Å². The Morgan fingerprint density at radius 1 is 1.33 bits per heavy atom. The molecule has 0 bridgehead atoms. The van der Waals surface area contributed by atoms with Gasteiger partial charge >= 0.3 is 0 Å². The van der Waals surface area contributed by atoms with Gasteiger partial charge in [-0.1, -0.05) is 11.6 Å². The molecule has 1 fully saturated rings. The van der Waals surface area contributed by atoms with Crippen molar-refractivity contribution < 1.29 is 0 Å². The fourth-order valence-corrected chi connectivity index (χ4v) is 2.68. The average Bonchev–Trinajstić information content (AvgIpc) is 3.08. The lowest BCUT2D eigenvalue weighted by Crippen LogP contribution is -2.05. The number of rotatable bonds is 3. The maximum Gasteiger partial charge on any atom is 0.144 e. The Morgan fingerprint density at radius 3 is 2.78 bits per heavy atom. The van der Waals surface area contributed by atoms with Gasteiger partial charge in [0.15, 0.2) is 0 Å². The van der Waals surface area contributed by atoms with Gasteiger partial charge in [-0.25, -0.2) is 4.98 Å². The van der Waals surface area contributed by atoms with Crippen LogP contribution in [-0.4, -0.2) is 11.0 Å². The highest BCUT2D eigenvalue weighted by molar-refractivity contribution is 7.19. The van der Waals surface area contributed by atoms with Crippen molar-refractivity contribution in [3.8, 4) is 16.6 Å². The molecule has 0 saturated heterocycles. The summed E-state index contributed by atoms with van der Waals surface area (Å²) in [4.78, 5) is 5.54. The molecule has 90 valence electrons. The topological polar surface area (TPSA) is 48.7 Å². The molecule has 0 atom stereocenters. The van der Waals surface area contributed by atoms with Crippen molar-refractivity contribution in [3.63, 3.8) is 0 Å². The van der Waals surface area contributed by atoms with Crippen molar-refractivity contribution >= 4 is 28.8 Å². The zero-order valence-corrected chi connectivity index (χ0v) is 11.1. The van der Waals surface area contributed by atoms with E-state index in [9.17, 15) is 0 Å². The van der Waals surface area contributed by atoms with Gasteiger partial charge in [0.05, 0.1) is 20.5 Å². The first-order valence-corrected chi connectivity index (χ1v) is 6.89. The van der Waals surface area contributed by atoms with Crippen LogP contribution in [0.5, 0.6) is 0 Å². The molecular weight excluding hydrogens is 266 g/mol. The van der Waals surface area contributed by atoms with E-state index in [2.05, 4.69) is 16.4 Å². The van der Waals surface area contributed by atoms with E-state index >= 15 is 0 Å². The maximum atomic E-state index is 9.07. The normalized spacial score (nSPS) is 14.2. The van der Waals surface area contributed by atoms with Crippen LogP contribution < -0.4 is 5.32 Å². The van der Waals surface area contributed by atoms with Crippen molar-refractivity contribution in [2.75, 3.05) is 5.32 Å². The quantitative estimate of drug-likeness (QED) is 0.924. The van der Waals surface area contributed by atoms with E-state index in [4.69, 9.17) is 16.9 Å². The smallest absolute Gasteiger partial charge is 0.144 e. The van der Waals surface area contributed by atoms with Crippen molar-refractivity contribution in [1.29, 1.82) is 5.26 Å². The second-order valence-corrected chi connectivity index (χ2v) is 5.94. The Kier molecular flexibility index (Phi) is 2.94. The van der Waals surface area contributed by atoms with Crippen molar-refractivity contribution in [2.45, 2.75) is 18.9 Å². The minimum atomic E-state index is 0.478. The number of pyridine rings is 1. The molecule has 18 heavy (non-hydrogen) atoms. The highest BCUT2D eigenvalue weighted by Gasteiger charge is 2.23. The van der Waals surface area contributed by atoms with Crippen LogP contribution in [0.2, 0.25) is 4.34 Å². The Bertz CT molecular complexity index is 625. The van der Waals surface area contributed by atoms with Crippen molar-refractivity contribution in [3.05, 3.63) is 34.2 Å². The highest BCUT2D eigenvalue weighted by atomic mass is 35.5. The first-order chi connectivity index (χ1) is 8.76. The van der Waals surface area contributed by atoms with E-state index in [1.165, 1.54) is 11.3 Å². The SMILES string of the molecule is N#Cc1ccc(-c2ccc(Cl)s2)nc1NC1CC1. The first kappa shape index (κ1) is 11.5. The first-order valence-electron chi connectivity index (χ1n) is 5.69. The third-order valence-corrected chi connectivity index (χ3v) is 4.01. The monoisotopic (exact) mass is 275 g/mol. The fraction of sp³-hybridized carbons (Fsp3) is 0.231. The average molecular weight is 276 g/mol. The van der Waals surface area contributed by atoms with E-state index in [0.29, 0.717) is 17.4 Å². The predicted octanol–water partition coefficient (Wildman–Crippen LogP) is 3.91. The van der Waals surface area contributed by atoms with Gasteiger partial charge in [-0.15, -0.1) is 11.3 Å². The molecule has 5 heteroatoms. The number of hydrogen-bond acceptors (Lipinski definition) is 4. The van der Waals surface area contributed by atoms with Crippen LogP contribution >= 0.6 is 22.9 Å². The molecule has 0 amide bonds. The molecule has 0 aliphatic heterocycles. The number of anilines is 1. The molecular formula is C13H10ClN3S. The van der Waals surface area contributed by atoms with Gasteiger partial charge < -0.3 is 5.32 Å².